The molecule has 0 aliphatic carbocycles. The molecule has 1 rings (SSSR count). The highest BCUT2D eigenvalue weighted by Gasteiger charge is 1.99. The number of esters is 1. The Morgan fingerprint density at radius 3 is 2.33 bits per heavy atom. The molecule has 1 aromatic rings. The van der Waals surface area contributed by atoms with Gasteiger partial charge in [-0.3, -0.25) is 4.79 Å². The van der Waals surface area contributed by atoms with Crippen molar-refractivity contribution in [2.24, 2.45) is 0 Å². The normalized spacial score (nSPS) is 10.1. The van der Waals surface area contributed by atoms with Gasteiger partial charge < -0.3 is 9.47 Å². The van der Waals surface area contributed by atoms with Crippen LogP contribution in [-0.4, -0.2) is 12.8 Å². The largest absolute Gasteiger partial charge is 0.457 e. The second-order valence-electron chi connectivity index (χ2n) is 3.62. The fraction of sp³-hybridized carbons (Fsp3) is 0.417. The summed E-state index contributed by atoms with van der Waals surface area (Å²) in [7, 11) is 0. The van der Waals surface area contributed by atoms with Gasteiger partial charge in [-0.1, -0.05) is 26.0 Å². The van der Waals surface area contributed by atoms with Crippen molar-refractivity contribution in [1.29, 1.82) is 0 Å². The van der Waals surface area contributed by atoms with Gasteiger partial charge in [-0.25, -0.2) is 0 Å². The minimum atomic E-state index is -0.339. The highest BCUT2D eigenvalue weighted by Crippen LogP contribution is 2.18. The van der Waals surface area contributed by atoms with E-state index in [0.717, 1.165) is 0 Å². The van der Waals surface area contributed by atoms with E-state index in [1.165, 1.54) is 12.5 Å². The van der Waals surface area contributed by atoms with E-state index >= 15 is 0 Å². The summed E-state index contributed by atoms with van der Waals surface area (Å²) >= 11 is 0. The van der Waals surface area contributed by atoms with Gasteiger partial charge in [0.2, 0.25) is 6.79 Å². The highest BCUT2D eigenvalue weighted by atomic mass is 16.7. The van der Waals surface area contributed by atoms with Crippen LogP contribution in [0.5, 0.6) is 5.75 Å². The molecule has 0 atom stereocenters. The van der Waals surface area contributed by atoms with E-state index in [9.17, 15) is 4.79 Å². The molecule has 0 spiro atoms. The van der Waals surface area contributed by atoms with Crippen molar-refractivity contribution in [2.45, 2.75) is 26.7 Å². The van der Waals surface area contributed by atoms with Crippen molar-refractivity contribution in [2.75, 3.05) is 6.79 Å². The third-order valence-corrected chi connectivity index (χ3v) is 2.03. The molecule has 0 heterocycles. The minimum Gasteiger partial charge on any atom is -0.457 e. The standard InChI is InChI=1S/C12H16O3/c1-9(2)11-4-6-12(7-5-11)15-8-14-10(3)13/h4-7,9H,8H2,1-3H3. The Balaban J connectivity index is 2.46. The quantitative estimate of drug-likeness (QED) is 0.563. The average Bonchev–Trinajstić information content (AvgIpc) is 2.18. The molecule has 0 saturated carbocycles. The van der Waals surface area contributed by atoms with Crippen molar-refractivity contribution < 1.29 is 14.3 Å². The second-order valence-corrected chi connectivity index (χ2v) is 3.62. The molecule has 82 valence electrons. The van der Waals surface area contributed by atoms with Gasteiger partial charge in [0.15, 0.2) is 0 Å². The number of benzene rings is 1. The Morgan fingerprint density at radius 2 is 1.87 bits per heavy atom. The first-order valence-electron chi connectivity index (χ1n) is 4.95. The molecular weight excluding hydrogens is 192 g/mol. The lowest BCUT2D eigenvalue weighted by Crippen LogP contribution is -2.06. The number of carbonyl (C=O) groups excluding carboxylic acids is 1. The van der Waals surface area contributed by atoms with Crippen LogP contribution in [-0.2, 0) is 9.53 Å². The van der Waals surface area contributed by atoms with Gasteiger partial charge in [-0.15, -0.1) is 0 Å². The molecule has 0 radical (unpaired) electrons. The maximum absolute atomic E-state index is 10.5. The van der Waals surface area contributed by atoms with E-state index in [-0.39, 0.29) is 12.8 Å². The van der Waals surface area contributed by atoms with Crippen molar-refractivity contribution in [3.05, 3.63) is 29.8 Å². The van der Waals surface area contributed by atoms with E-state index < -0.39 is 0 Å². The molecule has 3 nitrogen and oxygen atoms in total. The number of hydrogen-bond acceptors (Lipinski definition) is 3. The summed E-state index contributed by atoms with van der Waals surface area (Å²) in [6.07, 6.45) is 0. The van der Waals surface area contributed by atoms with Crippen LogP contribution in [0.1, 0.15) is 32.3 Å². The molecule has 15 heavy (non-hydrogen) atoms. The molecule has 0 amide bonds. The highest BCUT2D eigenvalue weighted by molar-refractivity contribution is 5.65. The van der Waals surface area contributed by atoms with Gasteiger partial charge in [0.1, 0.15) is 5.75 Å². The SMILES string of the molecule is CC(=O)OCOc1ccc(C(C)C)cc1. The summed E-state index contributed by atoms with van der Waals surface area (Å²) in [5, 5.41) is 0. The van der Waals surface area contributed by atoms with Gasteiger partial charge in [0.25, 0.3) is 0 Å². The van der Waals surface area contributed by atoms with Crippen LogP contribution in [0.4, 0.5) is 0 Å². The molecule has 0 fully saturated rings. The molecular formula is C12H16O3. The topological polar surface area (TPSA) is 35.5 Å². The van der Waals surface area contributed by atoms with Crippen molar-refractivity contribution in [1.82, 2.24) is 0 Å². The van der Waals surface area contributed by atoms with Gasteiger partial charge >= 0.3 is 5.97 Å². The lowest BCUT2D eigenvalue weighted by atomic mass is 10.0. The van der Waals surface area contributed by atoms with Crippen LogP contribution in [0, 0.1) is 0 Å². The lowest BCUT2D eigenvalue weighted by Gasteiger charge is -2.08. The Kier molecular flexibility index (Phi) is 4.16. The first kappa shape index (κ1) is 11.6. The molecule has 0 N–H and O–H groups in total. The molecule has 0 unspecified atom stereocenters. The fourth-order valence-corrected chi connectivity index (χ4v) is 1.13. The summed E-state index contributed by atoms with van der Waals surface area (Å²) in [6.45, 7) is 5.59. The molecule has 1 aromatic carbocycles. The van der Waals surface area contributed by atoms with Crippen LogP contribution in [0.25, 0.3) is 0 Å². The Hall–Kier alpha value is -1.51. The third kappa shape index (κ3) is 4.02. The monoisotopic (exact) mass is 208 g/mol. The van der Waals surface area contributed by atoms with E-state index in [1.54, 1.807) is 0 Å². The predicted molar refractivity (Wildman–Crippen MR) is 57.8 cm³/mol. The Morgan fingerprint density at radius 1 is 1.27 bits per heavy atom. The Labute approximate surface area is 90.0 Å². The van der Waals surface area contributed by atoms with Crippen LogP contribution in [0.15, 0.2) is 24.3 Å². The summed E-state index contributed by atoms with van der Waals surface area (Å²) in [6, 6.07) is 7.76. The van der Waals surface area contributed by atoms with Crippen molar-refractivity contribution in [3.8, 4) is 5.75 Å². The first-order chi connectivity index (χ1) is 7.09. The zero-order chi connectivity index (χ0) is 11.3. The zero-order valence-electron chi connectivity index (χ0n) is 9.32. The molecule has 0 aliphatic rings. The van der Waals surface area contributed by atoms with Gasteiger partial charge in [-0.2, -0.15) is 0 Å². The second kappa shape index (κ2) is 5.39. The van der Waals surface area contributed by atoms with Gasteiger partial charge in [-0.05, 0) is 23.6 Å². The summed E-state index contributed by atoms with van der Waals surface area (Å²) in [5.41, 5.74) is 1.26. The maximum Gasteiger partial charge on any atom is 0.305 e. The minimum absolute atomic E-state index is 0.0314. The molecule has 0 aliphatic heterocycles. The summed E-state index contributed by atoms with van der Waals surface area (Å²) < 4.78 is 9.87. The van der Waals surface area contributed by atoms with Crippen LogP contribution in [0.2, 0.25) is 0 Å². The molecule has 0 aromatic heterocycles. The van der Waals surface area contributed by atoms with Gasteiger partial charge in [0, 0.05) is 6.92 Å². The maximum atomic E-state index is 10.5. The molecule has 0 saturated heterocycles. The fourth-order valence-electron chi connectivity index (χ4n) is 1.13. The molecule has 3 heteroatoms. The summed E-state index contributed by atoms with van der Waals surface area (Å²) in [4.78, 5) is 10.5. The zero-order valence-corrected chi connectivity index (χ0v) is 9.32. The number of carbonyl (C=O) groups is 1. The first-order valence-corrected chi connectivity index (χ1v) is 4.95. The average molecular weight is 208 g/mol. The van der Waals surface area contributed by atoms with E-state index in [2.05, 4.69) is 18.6 Å². The third-order valence-electron chi connectivity index (χ3n) is 2.03. The van der Waals surface area contributed by atoms with Crippen molar-refractivity contribution >= 4 is 5.97 Å². The predicted octanol–water partition coefficient (Wildman–Crippen LogP) is 2.71. The Bertz CT molecular complexity index is 314. The van der Waals surface area contributed by atoms with Gasteiger partial charge in [0.05, 0.1) is 0 Å². The number of ether oxygens (including phenoxy) is 2. The van der Waals surface area contributed by atoms with E-state index in [1.807, 2.05) is 24.3 Å². The number of hydrogen-bond donors (Lipinski definition) is 0. The van der Waals surface area contributed by atoms with Crippen LogP contribution in [0.3, 0.4) is 0 Å². The molecule has 0 bridgehead atoms. The van der Waals surface area contributed by atoms with E-state index in [4.69, 9.17) is 4.74 Å². The van der Waals surface area contributed by atoms with Crippen LogP contribution >= 0.6 is 0 Å². The summed E-state index contributed by atoms with van der Waals surface area (Å²) in [5.74, 6) is 0.877. The van der Waals surface area contributed by atoms with Crippen LogP contribution < -0.4 is 4.74 Å². The van der Waals surface area contributed by atoms with Crippen molar-refractivity contribution in [3.63, 3.8) is 0 Å². The number of rotatable bonds is 4. The van der Waals surface area contributed by atoms with E-state index in [0.29, 0.717) is 11.7 Å². The lowest BCUT2D eigenvalue weighted by molar-refractivity contribution is -0.147. The smallest absolute Gasteiger partial charge is 0.305 e.